The summed E-state index contributed by atoms with van der Waals surface area (Å²) in [5.74, 6) is 2.08. The van der Waals surface area contributed by atoms with Crippen molar-refractivity contribution in [2.24, 2.45) is 0 Å². The molecule has 0 amide bonds. The van der Waals surface area contributed by atoms with E-state index in [-0.39, 0.29) is 0 Å². The normalized spacial score (nSPS) is 10.8. The molecule has 0 unspecified atom stereocenters. The molecular weight excluding hydrogens is 214 g/mol. The molecule has 90 valence electrons. The summed E-state index contributed by atoms with van der Waals surface area (Å²) in [6.45, 7) is 6.88. The quantitative estimate of drug-likeness (QED) is 0.878. The first-order valence-corrected chi connectivity index (χ1v) is 5.75. The lowest BCUT2D eigenvalue weighted by Gasteiger charge is -2.09. The van der Waals surface area contributed by atoms with Gasteiger partial charge in [-0.05, 0) is 13.0 Å². The van der Waals surface area contributed by atoms with Crippen molar-refractivity contribution in [3.05, 3.63) is 41.7 Å². The van der Waals surface area contributed by atoms with Crippen molar-refractivity contribution in [2.45, 2.75) is 33.2 Å². The van der Waals surface area contributed by atoms with E-state index in [4.69, 9.17) is 4.42 Å². The Balaban J connectivity index is 2.10. The van der Waals surface area contributed by atoms with Gasteiger partial charge in [0.1, 0.15) is 11.6 Å². The van der Waals surface area contributed by atoms with Crippen LogP contribution in [0.4, 0.5) is 5.82 Å². The Bertz CT molecular complexity index is 477. The minimum absolute atomic E-state index is 0.337. The second kappa shape index (κ2) is 4.99. The van der Waals surface area contributed by atoms with Gasteiger partial charge in [0.05, 0.1) is 12.5 Å². The molecule has 0 spiro atoms. The van der Waals surface area contributed by atoms with Crippen molar-refractivity contribution in [3.63, 3.8) is 0 Å². The molecule has 2 heterocycles. The zero-order valence-corrected chi connectivity index (χ0v) is 10.4. The van der Waals surface area contributed by atoms with E-state index < -0.39 is 0 Å². The van der Waals surface area contributed by atoms with Crippen molar-refractivity contribution in [1.29, 1.82) is 0 Å². The molecule has 0 aliphatic carbocycles. The number of rotatable bonds is 4. The highest BCUT2D eigenvalue weighted by Gasteiger charge is 2.06. The van der Waals surface area contributed by atoms with Gasteiger partial charge in [-0.15, -0.1) is 0 Å². The minimum Gasteiger partial charge on any atom is -0.472 e. The van der Waals surface area contributed by atoms with Gasteiger partial charge in [0.2, 0.25) is 0 Å². The molecule has 0 saturated carbocycles. The Labute approximate surface area is 101 Å². The third kappa shape index (κ3) is 3.06. The van der Waals surface area contributed by atoms with E-state index in [0.717, 1.165) is 22.9 Å². The number of aryl methyl sites for hydroxylation is 1. The van der Waals surface area contributed by atoms with Crippen LogP contribution in [-0.4, -0.2) is 9.97 Å². The predicted molar refractivity (Wildman–Crippen MR) is 66.9 cm³/mol. The molecule has 4 nitrogen and oxygen atoms in total. The fourth-order valence-electron chi connectivity index (χ4n) is 1.53. The van der Waals surface area contributed by atoms with Crippen LogP contribution in [0.15, 0.2) is 29.1 Å². The number of anilines is 1. The van der Waals surface area contributed by atoms with E-state index in [2.05, 4.69) is 29.1 Å². The second-order valence-electron chi connectivity index (χ2n) is 4.39. The molecular formula is C13H17N3O. The SMILES string of the molecule is Cc1cc(NCc2ccoc2)nc(C(C)C)n1. The van der Waals surface area contributed by atoms with E-state index >= 15 is 0 Å². The first-order chi connectivity index (χ1) is 8.15. The van der Waals surface area contributed by atoms with Gasteiger partial charge in [0.15, 0.2) is 0 Å². The Morgan fingerprint density at radius 2 is 2.18 bits per heavy atom. The van der Waals surface area contributed by atoms with Crippen molar-refractivity contribution in [2.75, 3.05) is 5.32 Å². The van der Waals surface area contributed by atoms with Crippen LogP contribution in [-0.2, 0) is 6.54 Å². The third-order valence-corrected chi connectivity index (χ3v) is 2.44. The number of nitrogens with zero attached hydrogens (tertiary/aromatic N) is 2. The van der Waals surface area contributed by atoms with Gasteiger partial charge >= 0.3 is 0 Å². The van der Waals surface area contributed by atoms with Crippen LogP contribution in [0.2, 0.25) is 0 Å². The lowest BCUT2D eigenvalue weighted by molar-refractivity contribution is 0.564. The second-order valence-corrected chi connectivity index (χ2v) is 4.39. The summed E-state index contributed by atoms with van der Waals surface area (Å²) in [6, 6.07) is 3.89. The average Bonchev–Trinajstić information content (AvgIpc) is 2.78. The van der Waals surface area contributed by atoms with Crippen LogP contribution in [0.25, 0.3) is 0 Å². The lowest BCUT2D eigenvalue weighted by atomic mass is 10.2. The molecule has 4 heteroatoms. The van der Waals surface area contributed by atoms with Gasteiger partial charge in [-0.1, -0.05) is 13.8 Å². The number of hydrogen-bond acceptors (Lipinski definition) is 4. The van der Waals surface area contributed by atoms with Crippen LogP contribution in [0, 0.1) is 6.92 Å². The number of hydrogen-bond donors (Lipinski definition) is 1. The van der Waals surface area contributed by atoms with Gasteiger partial charge in [0, 0.05) is 29.8 Å². The first-order valence-electron chi connectivity index (χ1n) is 5.75. The maximum Gasteiger partial charge on any atom is 0.133 e. The highest BCUT2D eigenvalue weighted by atomic mass is 16.3. The van der Waals surface area contributed by atoms with Gasteiger partial charge < -0.3 is 9.73 Å². The third-order valence-electron chi connectivity index (χ3n) is 2.44. The van der Waals surface area contributed by atoms with Crippen molar-refractivity contribution in [1.82, 2.24) is 9.97 Å². The fourth-order valence-corrected chi connectivity index (χ4v) is 1.53. The summed E-state index contributed by atoms with van der Waals surface area (Å²) in [6.07, 6.45) is 3.40. The minimum atomic E-state index is 0.337. The topological polar surface area (TPSA) is 51.0 Å². The smallest absolute Gasteiger partial charge is 0.133 e. The van der Waals surface area contributed by atoms with E-state index in [1.165, 1.54) is 0 Å². The molecule has 0 aliphatic rings. The summed E-state index contributed by atoms with van der Waals surface area (Å²) in [4.78, 5) is 8.89. The molecule has 17 heavy (non-hydrogen) atoms. The Morgan fingerprint density at radius 1 is 1.35 bits per heavy atom. The summed E-state index contributed by atoms with van der Waals surface area (Å²) >= 11 is 0. The van der Waals surface area contributed by atoms with Crippen LogP contribution in [0.5, 0.6) is 0 Å². The Hall–Kier alpha value is -1.84. The highest BCUT2D eigenvalue weighted by Crippen LogP contribution is 2.14. The molecule has 2 aromatic heterocycles. The molecule has 0 bridgehead atoms. The van der Waals surface area contributed by atoms with Gasteiger partial charge in [0.25, 0.3) is 0 Å². The number of nitrogens with one attached hydrogen (secondary N) is 1. The molecule has 0 saturated heterocycles. The van der Waals surface area contributed by atoms with E-state index in [1.54, 1.807) is 12.5 Å². The predicted octanol–water partition coefficient (Wildman–Crippen LogP) is 3.11. The van der Waals surface area contributed by atoms with Crippen LogP contribution in [0.3, 0.4) is 0 Å². The van der Waals surface area contributed by atoms with Gasteiger partial charge in [-0.25, -0.2) is 9.97 Å². The highest BCUT2D eigenvalue weighted by molar-refractivity contribution is 5.37. The van der Waals surface area contributed by atoms with Gasteiger partial charge in [-0.3, -0.25) is 0 Å². The monoisotopic (exact) mass is 231 g/mol. The summed E-state index contributed by atoms with van der Waals surface area (Å²) in [5, 5.41) is 3.27. The molecule has 0 atom stereocenters. The molecule has 2 aromatic rings. The average molecular weight is 231 g/mol. The maximum atomic E-state index is 5.02. The first kappa shape index (κ1) is 11.6. The van der Waals surface area contributed by atoms with Crippen LogP contribution in [0.1, 0.15) is 36.8 Å². The van der Waals surface area contributed by atoms with Crippen LogP contribution < -0.4 is 5.32 Å². The molecule has 0 aliphatic heterocycles. The van der Waals surface area contributed by atoms with Crippen LogP contribution >= 0.6 is 0 Å². The molecule has 0 fully saturated rings. The molecule has 0 aromatic carbocycles. The maximum absolute atomic E-state index is 5.02. The van der Waals surface area contributed by atoms with E-state index in [9.17, 15) is 0 Å². The molecule has 1 N–H and O–H groups in total. The summed E-state index contributed by atoms with van der Waals surface area (Å²) in [5.41, 5.74) is 2.09. The standard InChI is InChI=1S/C13H17N3O/c1-9(2)13-15-10(3)6-12(16-13)14-7-11-4-5-17-8-11/h4-6,8-9H,7H2,1-3H3,(H,14,15,16). The van der Waals surface area contributed by atoms with Gasteiger partial charge in [-0.2, -0.15) is 0 Å². The zero-order chi connectivity index (χ0) is 12.3. The fraction of sp³-hybridized carbons (Fsp3) is 0.385. The van der Waals surface area contributed by atoms with Crippen molar-refractivity contribution in [3.8, 4) is 0 Å². The summed E-state index contributed by atoms with van der Waals surface area (Å²) < 4.78 is 5.02. The number of aromatic nitrogens is 2. The Kier molecular flexibility index (Phi) is 3.42. The Morgan fingerprint density at radius 3 is 2.82 bits per heavy atom. The van der Waals surface area contributed by atoms with E-state index in [0.29, 0.717) is 12.5 Å². The molecule has 0 radical (unpaired) electrons. The molecule has 2 rings (SSSR count). The number of furan rings is 1. The largest absolute Gasteiger partial charge is 0.472 e. The lowest BCUT2D eigenvalue weighted by Crippen LogP contribution is -2.06. The zero-order valence-electron chi connectivity index (χ0n) is 10.4. The van der Waals surface area contributed by atoms with Crippen molar-refractivity contribution >= 4 is 5.82 Å². The summed E-state index contributed by atoms with van der Waals surface area (Å²) in [7, 11) is 0. The van der Waals surface area contributed by atoms with Crippen molar-refractivity contribution < 1.29 is 4.42 Å². The van der Waals surface area contributed by atoms with E-state index in [1.807, 2.05) is 19.1 Å².